The van der Waals surface area contributed by atoms with Gasteiger partial charge < -0.3 is 4.42 Å². The van der Waals surface area contributed by atoms with E-state index < -0.39 is 0 Å². The highest BCUT2D eigenvalue weighted by Crippen LogP contribution is 2.52. The van der Waals surface area contributed by atoms with Gasteiger partial charge in [0.05, 0.1) is 0 Å². The molecule has 0 amide bonds. The number of hydrogen-bond donors (Lipinski definition) is 0. The number of rotatable bonds is 5. The first-order valence-electron chi connectivity index (χ1n) is 19.2. The zero-order valence-corrected chi connectivity index (χ0v) is 32.1. The van der Waals surface area contributed by atoms with E-state index in [1.165, 1.54) is 36.2 Å². The van der Waals surface area contributed by atoms with Crippen molar-refractivity contribution < 1.29 is 4.42 Å². The van der Waals surface area contributed by atoms with Crippen LogP contribution in [-0.2, 0) is 0 Å². The Morgan fingerprint density at radius 1 is 0.491 bits per heavy atom. The molecular weight excluding hydrogens is 735 g/mol. The smallest absolute Gasteiger partial charge is 0.164 e. The molecule has 6 heteroatoms. The Morgan fingerprint density at radius 3 is 2.11 bits per heavy atom. The van der Waals surface area contributed by atoms with Crippen molar-refractivity contribution in [1.29, 1.82) is 0 Å². The minimum atomic E-state index is 0.157. The lowest BCUT2D eigenvalue weighted by molar-refractivity contribution is 0.669. The highest BCUT2D eigenvalue weighted by molar-refractivity contribution is 8.00. The molecule has 0 fully saturated rings. The molecule has 1 aliphatic heterocycles. The Hall–Kier alpha value is -6.60. The number of fused-ring (bicyclic) bond motifs is 9. The number of allylic oxidation sites excluding steroid dienone is 3. The predicted molar refractivity (Wildman–Crippen MR) is 238 cm³/mol. The maximum atomic E-state index is 6.64. The molecule has 0 bridgehead atoms. The van der Waals surface area contributed by atoms with Crippen LogP contribution in [0.5, 0.6) is 0 Å². The summed E-state index contributed by atoms with van der Waals surface area (Å²) in [6.07, 6.45) is 6.68. The third-order valence-corrected chi connectivity index (χ3v) is 13.9. The van der Waals surface area contributed by atoms with Crippen LogP contribution < -0.4 is 0 Å². The quantitative estimate of drug-likeness (QED) is 0.175. The summed E-state index contributed by atoms with van der Waals surface area (Å²) < 4.78 is 9.20. The lowest BCUT2D eigenvalue weighted by Crippen LogP contribution is -2.16. The van der Waals surface area contributed by atoms with Gasteiger partial charge in [-0.2, -0.15) is 0 Å². The van der Waals surface area contributed by atoms with Crippen LogP contribution >= 0.6 is 23.1 Å². The lowest BCUT2D eigenvalue weighted by atomic mass is 9.88. The molecule has 268 valence electrons. The van der Waals surface area contributed by atoms with Gasteiger partial charge in [0.25, 0.3) is 0 Å². The van der Waals surface area contributed by atoms with Crippen LogP contribution in [0.2, 0.25) is 0 Å². The fourth-order valence-electron chi connectivity index (χ4n) is 8.57. The van der Waals surface area contributed by atoms with Gasteiger partial charge in [-0.05, 0) is 70.3 Å². The molecule has 1 aliphatic carbocycles. The van der Waals surface area contributed by atoms with Crippen molar-refractivity contribution in [2.75, 3.05) is 0 Å². The van der Waals surface area contributed by atoms with Crippen molar-refractivity contribution >= 4 is 70.8 Å². The van der Waals surface area contributed by atoms with E-state index in [1.54, 1.807) is 0 Å². The van der Waals surface area contributed by atoms with Gasteiger partial charge in [-0.25, -0.2) is 15.0 Å². The maximum Gasteiger partial charge on any atom is 0.164 e. The van der Waals surface area contributed by atoms with Crippen LogP contribution in [-0.4, -0.2) is 20.2 Å². The van der Waals surface area contributed by atoms with E-state index >= 15 is 0 Å². The topological polar surface area (TPSA) is 51.8 Å². The summed E-state index contributed by atoms with van der Waals surface area (Å²) in [4.78, 5) is 17.4. The molecule has 10 aromatic rings. The van der Waals surface area contributed by atoms with Gasteiger partial charge in [0.2, 0.25) is 0 Å². The summed E-state index contributed by atoms with van der Waals surface area (Å²) in [7, 11) is 0. The minimum absolute atomic E-state index is 0.157. The van der Waals surface area contributed by atoms with Gasteiger partial charge in [-0.3, -0.25) is 0 Å². The Morgan fingerprint density at radius 2 is 1.19 bits per heavy atom. The van der Waals surface area contributed by atoms with Crippen molar-refractivity contribution in [2.45, 2.75) is 16.1 Å². The summed E-state index contributed by atoms with van der Waals surface area (Å²) in [5.41, 5.74) is 10.4. The van der Waals surface area contributed by atoms with Crippen molar-refractivity contribution in [3.05, 3.63) is 187 Å². The van der Waals surface area contributed by atoms with Crippen LogP contribution in [0.1, 0.15) is 17.3 Å². The van der Waals surface area contributed by atoms with Gasteiger partial charge in [-0.15, -0.1) is 23.1 Å². The SMILES string of the molecule is C1=CC2c3ccccc3SC2C(c2nc(-c3ccc(-c4ccccc4)cc3)nc(-c3cc(-c4ccc5sc6ccccc6c5c4)cc4oc5ccccc5c34)n2)=C1. The Bertz CT molecular complexity index is 3290. The van der Waals surface area contributed by atoms with Gasteiger partial charge in [-0.1, -0.05) is 133 Å². The summed E-state index contributed by atoms with van der Waals surface area (Å²) in [6, 6.07) is 55.9. The predicted octanol–water partition coefficient (Wildman–Crippen LogP) is 14.0. The van der Waals surface area contributed by atoms with Gasteiger partial charge in [0.15, 0.2) is 17.5 Å². The summed E-state index contributed by atoms with van der Waals surface area (Å²) in [5.74, 6) is 2.20. The number of benzene rings is 7. The van der Waals surface area contributed by atoms with Crippen LogP contribution in [0.3, 0.4) is 0 Å². The highest BCUT2D eigenvalue weighted by atomic mass is 32.2. The molecule has 7 aromatic carbocycles. The minimum Gasteiger partial charge on any atom is -0.456 e. The van der Waals surface area contributed by atoms with Crippen molar-refractivity contribution in [1.82, 2.24) is 15.0 Å². The normalized spacial score (nSPS) is 16.0. The summed E-state index contributed by atoms with van der Waals surface area (Å²) in [6.45, 7) is 0. The number of thioether (sulfide) groups is 1. The Kier molecular flexibility index (Phi) is 7.43. The third-order valence-electron chi connectivity index (χ3n) is 11.3. The molecule has 12 rings (SSSR count). The molecule has 3 aromatic heterocycles. The molecule has 4 heterocycles. The second-order valence-corrected chi connectivity index (χ2v) is 16.9. The standard InChI is InChI=1S/C51H31N3OS2/c1-2-11-30(12-3-1)31-21-23-32(24-22-31)49-52-50(39-17-10-16-37-35-13-5-9-20-45(35)57-48(37)39)54-51(53-49)41-28-34(29-43-47(41)38-15-4-7-18-42(38)55-43)33-25-26-46-40(27-33)36-14-6-8-19-44(36)56-46/h1-29,37,48H. The van der Waals surface area contributed by atoms with E-state index in [9.17, 15) is 0 Å². The van der Waals surface area contributed by atoms with E-state index in [-0.39, 0.29) is 11.2 Å². The lowest BCUT2D eigenvalue weighted by Gasteiger charge is -2.22. The molecule has 2 aliphatic rings. The Balaban J connectivity index is 1.08. The van der Waals surface area contributed by atoms with Crippen molar-refractivity contribution in [3.63, 3.8) is 0 Å². The van der Waals surface area contributed by atoms with E-state index in [0.29, 0.717) is 17.5 Å². The van der Waals surface area contributed by atoms with Crippen molar-refractivity contribution in [3.8, 4) is 45.0 Å². The van der Waals surface area contributed by atoms with E-state index in [0.717, 1.165) is 55.3 Å². The number of nitrogens with zero attached hydrogens (tertiary/aromatic N) is 3. The molecule has 0 saturated heterocycles. The molecule has 0 radical (unpaired) electrons. The monoisotopic (exact) mass is 765 g/mol. The second-order valence-electron chi connectivity index (χ2n) is 14.7. The van der Waals surface area contributed by atoms with Crippen LogP contribution in [0.15, 0.2) is 185 Å². The maximum absolute atomic E-state index is 6.64. The summed E-state index contributed by atoms with van der Waals surface area (Å²) >= 11 is 3.73. The van der Waals surface area contributed by atoms with Crippen LogP contribution in [0.4, 0.5) is 0 Å². The zero-order chi connectivity index (χ0) is 37.5. The van der Waals surface area contributed by atoms with Crippen LogP contribution in [0, 0.1) is 0 Å². The number of thiophene rings is 1. The summed E-state index contributed by atoms with van der Waals surface area (Å²) in [5, 5.41) is 4.71. The molecule has 0 saturated carbocycles. The first-order chi connectivity index (χ1) is 28.2. The molecule has 0 spiro atoms. The van der Waals surface area contributed by atoms with Gasteiger partial charge in [0.1, 0.15) is 11.2 Å². The van der Waals surface area contributed by atoms with Crippen molar-refractivity contribution in [2.24, 2.45) is 0 Å². The largest absolute Gasteiger partial charge is 0.456 e. The first-order valence-corrected chi connectivity index (χ1v) is 20.9. The molecule has 2 unspecified atom stereocenters. The van der Waals surface area contributed by atoms with E-state index in [1.807, 2.05) is 41.3 Å². The number of furan rings is 1. The van der Waals surface area contributed by atoms with Gasteiger partial charge in [0, 0.05) is 63.7 Å². The van der Waals surface area contributed by atoms with Gasteiger partial charge >= 0.3 is 0 Å². The zero-order valence-electron chi connectivity index (χ0n) is 30.5. The number of aromatic nitrogens is 3. The van der Waals surface area contributed by atoms with E-state index in [4.69, 9.17) is 19.4 Å². The second kappa shape index (κ2) is 13.0. The first kappa shape index (κ1) is 32.6. The number of hydrogen-bond acceptors (Lipinski definition) is 6. The third kappa shape index (κ3) is 5.40. The average molecular weight is 766 g/mol. The highest BCUT2D eigenvalue weighted by Gasteiger charge is 2.37. The molecule has 4 nitrogen and oxygen atoms in total. The average Bonchev–Trinajstić information content (AvgIpc) is 3.97. The Labute approximate surface area is 336 Å². The molecule has 2 atom stereocenters. The molecular formula is C51H31N3OS2. The van der Waals surface area contributed by atoms with Crippen LogP contribution in [0.25, 0.3) is 92.7 Å². The fraction of sp³-hybridized carbons (Fsp3) is 0.0392. The fourth-order valence-corrected chi connectivity index (χ4v) is 11.1. The molecule has 0 N–H and O–H groups in total. The van der Waals surface area contributed by atoms with E-state index in [2.05, 4.69) is 158 Å². The molecule has 57 heavy (non-hydrogen) atoms. The number of para-hydroxylation sites is 1.